The molecule has 0 bridgehead atoms. The van der Waals surface area contributed by atoms with Gasteiger partial charge >= 0.3 is 0 Å². The molecule has 0 spiro atoms. The van der Waals surface area contributed by atoms with Gasteiger partial charge in [-0.3, -0.25) is 9.69 Å². The molecule has 0 atom stereocenters. The molecule has 0 aliphatic carbocycles. The summed E-state index contributed by atoms with van der Waals surface area (Å²) >= 11 is 0. The van der Waals surface area contributed by atoms with Gasteiger partial charge < -0.3 is 9.88 Å². The number of aryl methyl sites for hydroxylation is 1. The number of nitrogens with zero attached hydrogens (tertiary/aromatic N) is 2. The van der Waals surface area contributed by atoms with Gasteiger partial charge in [0.1, 0.15) is 0 Å². The molecule has 3 aromatic rings. The van der Waals surface area contributed by atoms with Crippen LogP contribution in [0.5, 0.6) is 0 Å². The molecule has 2 heterocycles. The molecule has 1 aromatic heterocycles. The van der Waals surface area contributed by atoms with E-state index < -0.39 is 0 Å². The van der Waals surface area contributed by atoms with Gasteiger partial charge in [0.2, 0.25) is 5.91 Å². The lowest BCUT2D eigenvalue weighted by atomic mass is 10.1. The van der Waals surface area contributed by atoms with Crippen LogP contribution in [0.3, 0.4) is 0 Å². The zero-order valence-electron chi connectivity index (χ0n) is 15.9. The molecule has 0 saturated carbocycles. The van der Waals surface area contributed by atoms with Crippen molar-refractivity contribution in [2.45, 2.75) is 32.2 Å². The van der Waals surface area contributed by atoms with E-state index in [1.54, 1.807) is 0 Å². The molecule has 1 saturated heterocycles. The van der Waals surface area contributed by atoms with Crippen LogP contribution in [-0.4, -0.2) is 28.5 Å². The van der Waals surface area contributed by atoms with Gasteiger partial charge in [-0.1, -0.05) is 36.8 Å². The smallest absolute Gasteiger partial charge is 0.228 e. The molecule has 0 unspecified atom stereocenters. The SMILES string of the molecule is Cn1cc(CC(=O)Nc2cccc(CN3CCCCC3)c2)c2ccccc21. The molecule has 4 heteroatoms. The minimum absolute atomic E-state index is 0.0291. The quantitative estimate of drug-likeness (QED) is 0.734. The monoisotopic (exact) mass is 361 g/mol. The number of rotatable bonds is 5. The van der Waals surface area contributed by atoms with E-state index in [2.05, 4.69) is 45.2 Å². The Labute approximate surface area is 160 Å². The van der Waals surface area contributed by atoms with Gasteiger partial charge in [0.05, 0.1) is 6.42 Å². The van der Waals surface area contributed by atoms with E-state index in [1.165, 1.54) is 37.9 Å². The van der Waals surface area contributed by atoms with Crippen LogP contribution in [0.2, 0.25) is 0 Å². The summed E-state index contributed by atoms with van der Waals surface area (Å²) in [4.78, 5) is 15.1. The highest BCUT2D eigenvalue weighted by molar-refractivity contribution is 5.96. The summed E-state index contributed by atoms with van der Waals surface area (Å²) in [6.45, 7) is 3.32. The molecule has 4 rings (SSSR count). The number of carbonyl (C=O) groups is 1. The van der Waals surface area contributed by atoms with Gasteiger partial charge in [-0.15, -0.1) is 0 Å². The predicted octanol–water partition coefficient (Wildman–Crippen LogP) is 4.35. The van der Waals surface area contributed by atoms with Gasteiger partial charge in [0.25, 0.3) is 0 Å². The number of aromatic nitrogens is 1. The van der Waals surface area contributed by atoms with Crippen LogP contribution in [-0.2, 0) is 24.8 Å². The lowest BCUT2D eigenvalue weighted by molar-refractivity contribution is -0.115. The van der Waals surface area contributed by atoms with E-state index in [-0.39, 0.29) is 5.91 Å². The van der Waals surface area contributed by atoms with E-state index in [4.69, 9.17) is 0 Å². The van der Waals surface area contributed by atoms with Crippen molar-refractivity contribution in [3.63, 3.8) is 0 Å². The third-order valence-corrected chi connectivity index (χ3v) is 5.40. The van der Waals surface area contributed by atoms with Crippen molar-refractivity contribution in [1.82, 2.24) is 9.47 Å². The van der Waals surface area contributed by atoms with E-state index in [0.717, 1.165) is 28.7 Å². The average molecular weight is 361 g/mol. The van der Waals surface area contributed by atoms with Gasteiger partial charge in [0.15, 0.2) is 0 Å². The molecule has 1 aliphatic heterocycles. The second kappa shape index (κ2) is 7.97. The number of likely N-dealkylation sites (tertiary alicyclic amines) is 1. The van der Waals surface area contributed by atoms with Crippen LogP contribution in [0, 0.1) is 0 Å². The minimum atomic E-state index is 0.0291. The topological polar surface area (TPSA) is 37.3 Å². The maximum absolute atomic E-state index is 12.6. The summed E-state index contributed by atoms with van der Waals surface area (Å²) < 4.78 is 2.08. The highest BCUT2D eigenvalue weighted by atomic mass is 16.1. The second-order valence-corrected chi connectivity index (χ2v) is 7.54. The number of hydrogen-bond acceptors (Lipinski definition) is 2. The number of carbonyl (C=O) groups excluding carboxylic acids is 1. The maximum Gasteiger partial charge on any atom is 0.228 e. The van der Waals surface area contributed by atoms with Crippen LogP contribution < -0.4 is 5.32 Å². The summed E-state index contributed by atoms with van der Waals surface area (Å²) in [6, 6.07) is 16.5. The number of nitrogens with one attached hydrogen (secondary N) is 1. The molecule has 27 heavy (non-hydrogen) atoms. The molecule has 4 nitrogen and oxygen atoms in total. The van der Waals surface area contributed by atoms with Gasteiger partial charge in [-0.05, 0) is 55.3 Å². The molecule has 140 valence electrons. The number of benzene rings is 2. The minimum Gasteiger partial charge on any atom is -0.350 e. The Morgan fingerprint density at radius 2 is 1.85 bits per heavy atom. The lowest BCUT2D eigenvalue weighted by Gasteiger charge is -2.26. The van der Waals surface area contributed by atoms with Crippen LogP contribution in [0.25, 0.3) is 10.9 Å². The van der Waals surface area contributed by atoms with Crippen molar-refractivity contribution in [1.29, 1.82) is 0 Å². The third-order valence-electron chi connectivity index (χ3n) is 5.40. The number of piperidine rings is 1. The maximum atomic E-state index is 12.6. The molecular weight excluding hydrogens is 334 g/mol. The Morgan fingerprint density at radius 1 is 1.04 bits per heavy atom. The van der Waals surface area contributed by atoms with Gasteiger partial charge in [0, 0.05) is 36.4 Å². The molecular formula is C23H27N3O. The zero-order chi connectivity index (χ0) is 18.6. The number of hydrogen-bond donors (Lipinski definition) is 1. The van der Waals surface area contributed by atoms with Crippen molar-refractivity contribution < 1.29 is 4.79 Å². The van der Waals surface area contributed by atoms with Gasteiger partial charge in [-0.2, -0.15) is 0 Å². The zero-order valence-corrected chi connectivity index (χ0v) is 15.9. The summed E-state index contributed by atoms with van der Waals surface area (Å²) in [7, 11) is 2.02. The van der Waals surface area contributed by atoms with Crippen LogP contribution in [0.1, 0.15) is 30.4 Å². The fourth-order valence-electron chi connectivity index (χ4n) is 4.07. The first-order valence-electron chi connectivity index (χ1n) is 9.83. The molecule has 1 aliphatic rings. The highest BCUT2D eigenvalue weighted by Gasteiger charge is 2.12. The van der Waals surface area contributed by atoms with Crippen LogP contribution in [0.15, 0.2) is 54.7 Å². The Balaban J connectivity index is 1.42. The van der Waals surface area contributed by atoms with Crippen LogP contribution >= 0.6 is 0 Å². The Morgan fingerprint density at radius 3 is 2.70 bits per heavy atom. The highest BCUT2D eigenvalue weighted by Crippen LogP contribution is 2.21. The first-order valence-corrected chi connectivity index (χ1v) is 9.83. The van der Waals surface area contributed by atoms with Crippen molar-refractivity contribution in [2.24, 2.45) is 7.05 Å². The molecule has 2 aromatic carbocycles. The van der Waals surface area contributed by atoms with Crippen molar-refractivity contribution in [3.05, 3.63) is 65.9 Å². The summed E-state index contributed by atoms with van der Waals surface area (Å²) in [5, 5.41) is 4.22. The number of amides is 1. The molecule has 1 N–H and O–H groups in total. The Hall–Kier alpha value is -2.59. The normalized spacial score (nSPS) is 15.1. The van der Waals surface area contributed by atoms with E-state index in [9.17, 15) is 4.79 Å². The van der Waals surface area contributed by atoms with Crippen molar-refractivity contribution in [3.8, 4) is 0 Å². The molecule has 1 amide bonds. The van der Waals surface area contributed by atoms with E-state index in [1.807, 2.05) is 31.3 Å². The fourth-order valence-corrected chi connectivity index (χ4v) is 4.07. The van der Waals surface area contributed by atoms with Gasteiger partial charge in [-0.25, -0.2) is 0 Å². The number of para-hydroxylation sites is 1. The first kappa shape index (κ1) is 17.8. The largest absolute Gasteiger partial charge is 0.350 e. The number of fused-ring (bicyclic) bond motifs is 1. The molecule has 1 fully saturated rings. The Kier molecular flexibility index (Phi) is 5.26. The predicted molar refractivity (Wildman–Crippen MR) is 111 cm³/mol. The van der Waals surface area contributed by atoms with E-state index >= 15 is 0 Å². The Bertz CT molecular complexity index is 938. The average Bonchev–Trinajstić information content (AvgIpc) is 2.99. The van der Waals surface area contributed by atoms with Crippen LogP contribution in [0.4, 0.5) is 5.69 Å². The lowest BCUT2D eigenvalue weighted by Crippen LogP contribution is -2.29. The second-order valence-electron chi connectivity index (χ2n) is 7.54. The third kappa shape index (κ3) is 4.22. The van der Waals surface area contributed by atoms with E-state index in [0.29, 0.717) is 6.42 Å². The summed E-state index contributed by atoms with van der Waals surface area (Å²) in [5.41, 5.74) is 4.37. The fraction of sp³-hybridized carbons (Fsp3) is 0.348. The summed E-state index contributed by atoms with van der Waals surface area (Å²) in [6.07, 6.45) is 6.37. The van der Waals surface area contributed by atoms with Crippen molar-refractivity contribution in [2.75, 3.05) is 18.4 Å². The molecule has 0 radical (unpaired) electrons. The standard InChI is InChI=1S/C23H27N3O/c1-25-17-19(21-10-3-4-11-22(21)25)15-23(27)24-20-9-7-8-18(14-20)16-26-12-5-2-6-13-26/h3-4,7-11,14,17H,2,5-6,12-13,15-16H2,1H3,(H,24,27). The number of anilines is 1. The van der Waals surface area contributed by atoms with Crippen molar-refractivity contribution >= 4 is 22.5 Å². The first-order chi connectivity index (χ1) is 13.2. The summed E-state index contributed by atoms with van der Waals surface area (Å²) in [5.74, 6) is 0.0291.